The van der Waals surface area contributed by atoms with E-state index in [2.05, 4.69) is 26.0 Å². The molecule has 104 valence electrons. The van der Waals surface area contributed by atoms with Crippen LogP contribution in [0.3, 0.4) is 0 Å². The number of rotatable bonds is 2. The number of benzene rings is 1. The summed E-state index contributed by atoms with van der Waals surface area (Å²) >= 11 is 0. The van der Waals surface area contributed by atoms with Gasteiger partial charge in [0.1, 0.15) is 6.10 Å². The van der Waals surface area contributed by atoms with Gasteiger partial charge in [-0.15, -0.1) is 0 Å². The fraction of sp³-hybridized carbons (Fsp3) is 0.562. The number of carbonyl (C=O) groups excluding carboxylic acids is 1. The van der Waals surface area contributed by atoms with Crippen molar-refractivity contribution in [1.82, 2.24) is 4.90 Å². The monoisotopic (exact) mass is 261 g/mol. The van der Waals surface area contributed by atoms with Crippen LogP contribution in [0.15, 0.2) is 30.3 Å². The van der Waals surface area contributed by atoms with Crippen LogP contribution in [0.2, 0.25) is 0 Å². The highest BCUT2D eigenvalue weighted by molar-refractivity contribution is 5.79. The molecular weight excluding hydrogens is 238 g/mol. The predicted octanol–water partition coefficient (Wildman–Crippen LogP) is 3.02. The van der Waals surface area contributed by atoms with E-state index in [1.54, 1.807) is 0 Å². The maximum Gasteiger partial charge on any atom is 0.225 e. The molecule has 0 radical (unpaired) electrons. The van der Waals surface area contributed by atoms with Gasteiger partial charge in [-0.25, -0.2) is 0 Å². The molecule has 1 heterocycles. The summed E-state index contributed by atoms with van der Waals surface area (Å²) in [4.78, 5) is 14.3. The molecular formula is C16H23NO2. The zero-order valence-corrected chi connectivity index (χ0v) is 12.2. The summed E-state index contributed by atoms with van der Waals surface area (Å²) in [6.07, 6.45) is -0.0167. The third-order valence-corrected chi connectivity index (χ3v) is 3.65. The van der Waals surface area contributed by atoms with Crippen molar-refractivity contribution in [2.75, 3.05) is 13.2 Å². The first-order chi connectivity index (χ1) is 8.92. The van der Waals surface area contributed by atoms with Crippen LogP contribution >= 0.6 is 0 Å². The maximum absolute atomic E-state index is 12.4. The van der Waals surface area contributed by atoms with E-state index >= 15 is 0 Å². The molecule has 0 saturated carbocycles. The van der Waals surface area contributed by atoms with Gasteiger partial charge in [0.15, 0.2) is 0 Å². The second kappa shape index (κ2) is 5.33. The highest BCUT2D eigenvalue weighted by Gasteiger charge is 2.39. The first-order valence-electron chi connectivity index (χ1n) is 6.90. The Labute approximate surface area is 115 Å². The molecule has 0 aromatic heterocycles. The fourth-order valence-corrected chi connectivity index (χ4v) is 2.42. The van der Waals surface area contributed by atoms with E-state index in [0.717, 1.165) is 5.56 Å². The lowest BCUT2D eigenvalue weighted by molar-refractivity contribution is -0.158. The van der Waals surface area contributed by atoms with E-state index in [4.69, 9.17) is 4.74 Å². The quantitative estimate of drug-likeness (QED) is 0.819. The van der Waals surface area contributed by atoms with Gasteiger partial charge in [0.2, 0.25) is 5.91 Å². The number of carbonyl (C=O) groups is 1. The van der Waals surface area contributed by atoms with Gasteiger partial charge in [-0.1, -0.05) is 44.2 Å². The highest BCUT2D eigenvalue weighted by atomic mass is 16.5. The Morgan fingerprint density at radius 2 is 1.95 bits per heavy atom. The summed E-state index contributed by atoms with van der Waals surface area (Å²) in [6.45, 7) is 9.23. The second-order valence-corrected chi connectivity index (χ2v) is 6.13. The van der Waals surface area contributed by atoms with Crippen molar-refractivity contribution in [3.63, 3.8) is 0 Å². The Balaban J connectivity index is 2.19. The van der Waals surface area contributed by atoms with Gasteiger partial charge >= 0.3 is 0 Å². The molecule has 1 aliphatic rings. The van der Waals surface area contributed by atoms with Crippen LogP contribution in [0.5, 0.6) is 0 Å². The largest absolute Gasteiger partial charge is 0.369 e. The summed E-state index contributed by atoms with van der Waals surface area (Å²) in [5, 5.41) is 0. The summed E-state index contributed by atoms with van der Waals surface area (Å²) in [6, 6.07) is 10.1. The van der Waals surface area contributed by atoms with Gasteiger partial charge in [-0.2, -0.15) is 0 Å². The molecule has 1 aromatic carbocycles. The van der Waals surface area contributed by atoms with Crippen molar-refractivity contribution < 1.29 is 9.53 Å². The van der Waals surface area contributed by atoms with Gasteiger partial charge in [0.05, 0.1) is 18.7 Å². The van der Waals surface area contributed by atoms with E-state index in [-0.39, 0.29) is 23.5 Å². The topological polar surface area (TPSA) is 29.5 Å². The summed E-state index contributed by atoms with van der Waals surface area (Å²) in [5.74, 6) is 0.225. The van der Waals surface area contributed by atoms with E-state index < -0.39 is 0 Å². The minimum absolute atomic E-state index is 0.0167. The molecule has 0 spiro atoms. The molecule has 0 N–H and O–H groups in total. The van der Waals surface area contributed by atoms with Crippen LogP contribution < -0.4 is 0 Å². The third-order valence-electron chi connectivity index (χ3n) is 3.65. The van der Waals surface area contributed by atoms with Gasteiger partial charge in [-0.3, -0.25) is 4.79 Å². The Morgan fingerprint density at radius 3 is 2.53 bits per heavy atom. The molecule has 1 atom stereocenters. The normalized spacial score (nSPS) is 22.6. The predicted molar refractivity (Wildman–Crippen MR) is 75.8 cm³/mol. The number of nitrogens with zero attached hydrogens (tertiary/aromatic N) is 1. The highest BCUT2D eigenvalue weighted by Crippen LogP contribution is 2.31. The summed E-state index contributed by atoms with van der Waals surface area (Å²) in [7, 11) is 0. The molecule has 1 aromatic rings. The van der Waals surface area contributed by atoms with Crippen LogP contribution in [0.4, 0.5) is 0 Å². The molecule has 3 nitrogen and oxygen atoms in total. The summed E-state index contributed by atoms with van der Waals surface area (Å²) in [5.41, 5.74) is 0.909. The number of hydrogen-bond donors (Lipinski definition) is 0. The van der Waals surface area contributed by atoms with E-state index in [1.165, 1.54) is 0 Å². The second-order valence-electron chi connectivity index (χ2n) is 6.13. The Bertz CT molecular complexity index is 439. The maximum atomic E-state index is 12.4. The molecule has 1 aliphatic heterocycles. The Kier molecular flexibility index (Phi) is 3.95. The van der Waals surface area contributed by atoms with Crippen LogP contribution in [-0.4, -0.2) is 29.5 Å². The molecule has 1 amide bonds. The van der Waals surface area contributed by atoms with E-state index in [9.17, 15) is 4.79 Å². The summed E-state index contributed by atoms with van der Waals surface area (Å²) < 4.78 is 5.95. The lowest BCUT2D eigenvalue weighted by Crippen LogP contribution is -2.57. The van der Waals surface area contributed by atoms with Crippen molar-refractivity contribution in [2.45, 2.75) is 39.3 Å². The molecule has 3 heteroatoms. The molecule has 2 rings (SSSR count). The van der Waals surface area contributed by atoms with Crippen molar-refractivity contribution in [2.24, 2.45) is 5.92 Å². The van der Waals surface area contributed by atoms with Crippen molar-refractivity contribution in [3.8, 4) is 0 Å². The minimum atomic E-state index is -0.230. The first kappa shape index (κ1) is 14.1. The van der Waals surface area contributed by atoms with Gasteiger partial charge in [0.25, 0.3) is 0 Å². The van der Waals surface area contributed by atoms with Crippen molar-refractivity contribution in [3.05, 3.63) is 35.9 Å². The average molecular weight is 261 g/mol. The van der Waals surface area contributed by atoms with E-state index in [0.29, 0.717) is 13.2 Å². The zero-order valence-electron chi connectivity index (χ0n) is 12.2. The molecule has 1 unspecified atom stereocenters. The van der Waals surface area contributed by atoms with Crippen molar-refractivity contribution >= 4 is 5.91 Å². The Morgan fingerprint density at radius 1 is 1.32 bits per heavy atom. The first-order valence-corrected chi connectivity index (χ1v) is 6.90. The fourth-order valence-electron chi connectivity index (χ4n) is 2.42. The number of hydrogen-bond acceptors (Lipinski definition) is 2. The Hall–Kier alpha value is -1.35. The van der Waals surface area contributed by atoms with Gasteiger partial charge < -0.3 is 9.64 Å². The lowest BCUT2D eigenvalue weighted by Gasteiger charge is -2.46. The van der Waals surface area contributed by atoms with Crippen LogP contribution in [0.1, 0.15) is 39.4 Å². The molecule has 1 fully saturated rings. The van der Waals surface area contributed by atoms with Crippen LogP contribution in [0.25, 0.3) is 0 Å². The molecule has 0 aliphatic carbocycles. The van der Waals surface area contributed by atoms with Crippen molar-refractivity contribution in [1.29, 1.82) is 0 Å². The number of morpholine rings is 1. The van der Waals surface area contributed by atoms with E-state index in [1.807, 2.05) is 36.9 Å². The molecule has 19 heavy (non-hydrogen) atoms. The number of amides is 1. The average Bonchev–Trinajstić information content (AvgIpc) is 2.38. The smallest absolute Gasteiger partial charge is 0.225 e. The molecule has 0 bridgehead atoms. The molecule has 1 saturated heterocycles. The van der Waals surface area contributed by atoms with Gasteiger partial charge in [-0.05, 0) is 19.4 Å². The minimum Gasteiger partial charge on any atom is -0.369 e. The standard InChI is InChI=1S/C16H23NO2/c1-12(2)15(18)17-10-14(19-11-16(17,3)4)13-8-6-5-7-9-13/h5-9,12,14H,10-11H2,1-4H3. The number of ether oxygens (including phenoxy) is 1. The zero-order chi connectivity index (χ0) is 14.0. The van der Waals surface area contributed by atoms with Crippen LogP contribution in [-0.2, 0) is 9.53 Å². The third kappa shape index (κ3) is 2.98. The van der Waals surface area contributed by atoms with Gasteiger partial charge in [0, 0.05) is 5.92 Å². The SMILES string of the molecule is CC(C)C(=O)N1CC(c2ccccc2)OCC1(C)C. The lowest BCUT2D eigenvalue weighted by atomic mass is 9.96. The van der Waals surface area contributed by atoms with Crippen LogP contribution in [0, 0.1) is 5.92 Å².